The van der Waals surface area contributed by atoms with Crippen LogP contribution < -0.4 is 5.73 Å². The SMILES string of the molecule is NC(c1ncccc1F)C1CCC1. The Hall–Kier alpha value is -0.960. The van der Waals surface area contributed by atoms with Gasteiger partial charge in [-0.1, -0.05) is 6.42 Å². The minimum Gasteiger partial charge on any atom is -0.322 e. The van der Waals surface area contributed by atoms with Gasteiger partial charge in [-0.25, -0.2) is 4.39 Å². The first-order valence-electron chi connectivity index (χ1n) is 4.65. The van der Waals surface area contributed by atoms with Gasteiger partial charge in [0.05, 0.1) is 11.7 Å². The zero-order valence-electron chi connectivity index (χ0n) is 7.41. The van der Waals surface area contributed by atoms with Crippen LogP contribution in [-0.4, -0.2) is 4.98 Å². The minimum atomic E-state index is -0.276. The molecule has 0 saturated heterocycles. The molecule has 70 valence electrons. The molecule has 3 heteroatoms. The molecule has 2 nitrogen and oxygen atoms in total. The first-order chi connectivity index (χ1) is 6.29. The molecule has 0 radical (unpaired) electrons. The summed E-state index contributed by atoms with van der Waals surface area (Å²) >= 11 is 0. The summed E-state index contributed by atoms with van der Waals surface area (Å²) in [5.74, 6) is 0.159. The van der Waals surface area contributed by atoms with Gasteiger partial charge in [-0.3, -0.25) is 4.98 Å². The first kappa shape index (κ1) is 8.63. The van der Waals surface area contributed by atoms with Crippen molar-refractivity contribution in [3.63, 3.8) is 0 Å². The molecular formula is C10H13FN2. The van der Waals surface area contributed by atoms with Gasteiger partial charge in [0.1, 0.15) is 5.82 Å². The minimum absolute atomic E-state index is 0.213. The highest BCUT2D eigenvalue weighted by Crippen LogP contribution is 2.35. The molecule has 1 saturated carbocycles. The van der Waals surface area contributed by atoms with Crippen LogP contribution in [0.2, 0.25) is 0 Å². The highest BCUT2D eigenvalue weighted by Gasteiger charge is 2.27. The van der Waals surface area contributed by atoms with Crippen molar-refractivity contribution in [1.29, 1.82) is 0 Å². The Labute approximate surface area is 77.0 Å². The molecule has 13 heavy (non-hydrogen) atoms. The Balaban J connectivity index is 2.18. The van der Waals surface area contributed by atoms with Gasteiger partial charge in [0.25, 0.3) is 0 Å². The van der Waals surface area contributed by atoms with E-state index < -0.39 is 0 Å². The molecule has 0 aliphatic heterocycles. The normalized spacial score (nSPS) is 19.5. The Kier molecular flexibility index (Phi) is 2.27. The van der Waals surface area contributed by atoms with E-state index in [4.69, 9.17) is 5.73 Å². The maximum absolute atomic E-state index is 13.2. The van der Waals surface area contributed by atoms with Gasteiger partial charge < -0.3 is 5.73 Å². The van der Waals surface area contributed by atoms with Crippen molar-refractivity contribution in [3.8, 4) is 0 Å². The van der Waals surface area contributed by atoms with Crippen LogP contribution in [0.25, 0.3) is 0 Å². The Morgan fingerprint density at radius 2 is 2.31 bits per heavy atom. The fourth-order valence-corrected chi connectivity index (χ4v) is 1.67. The molecule has 1 fully saturated rings. The summed E-state index contributed by atoms with van der Waals surface area (Å²) in [6.45, 7) is 0. The van der Waals surface area contributed by atoms with E-state index in [0.717, 1.165) is 12.8 Å². The number of rotatable bonds is 2. The fourth-order valence-electron chi connectivity index (χ4n) is 1.67. The van der Waals surface area contributed by atoms with Gasteiger partial charge in [-0.2, -0.15) is 0 Å². The second-order valence-electron chi connectivity index (χ2n) is 3.59. The van der Waals surface area contributed by atoms with Crippen LogP contribution in [0.4, 0.5) is 4.39 Å². The highest BCUT2D eigenvalue weighted by atomic mass is 19.1. The van der Waals surface area contributed by atoms with Crippen molar-refractivity contribution < 1.29 is 4.39 Å². The molecular weight excluding hydrogens is 167 g/mol. The Morgan fingerprint density at radius 1 is 1.54 bits per heavy atom. The van der Waals surface area contributed by atoms with E-state index in [-0.39, 0.29) is 11.9 Å². The van der Waals surface area contributed by atoms with Gasteiger partial charge in [-0.15, -0.1) is 0 Å². The lowest BCUT2D eigenvalue weighted by atomic mass is 9.79. The second-order valence-corrected chi connectivity index (χ2v) is 3.59. The van der Waals surface area contributed by atoms with Crippen LogP contribution in [0.3, 0.4) is 0 Å². The fraction of sp³-hybridized carbons (Fsp3) is 0.500. The van der Waals surface area contributed by atoms with Crippen LogP contribution in [0.1, 0.15) is 31.0 Å². The smallest absolute Gasteiger partial charge is 0.146 e. The third-order valence-corrected chi connectivity index (χ3v) is 2.76. The second kappa shape index (κ2) is 3.42. The van der Waals surface area contributed by atoms with Crippen LogP contribution in [0.15, 0.2) is 18.3 Å². The molecule has 1 atom stereocenters. The Morgan fingerprint density at radius 3 is 2.85 bits per heavy atom. The predicted octanol–water partition coefficient (Wildman–Crippen LogP) is 2.02. The quantitative estimate of drug-likeness (QED) is 0.756. The molecule has 2 N–H and O–H groups in total. The van der Waals surface area contributed by atoms with E-state index >= 15 is 0 Å². The van der Waals surface area contributed by atoms with Crippen molar-refractivity contribution in [2.75, 3.05) is 0 Å². The molecule has 1 unspecified atom stereocenters. The lowest BCUT2D eigenvalue weighted by Gasteiger charge is -2.30. The van der Waals surface area contributed by atoms with E-state index in [1.54, 1.807) is 12.3 Å². The monoisotopic (exact) mass is 180 g/mol. The third-order valence-electron chi connectivity index (χ3n) is 2.76. The zero-order valence-corrected chi connectivity index (χ0v) is 7.41. The topological polar surface area (TPSA) is 38.9 Å². The average Bonchev–Trinajstić information content (AvgIpc) is 2.01. The standard InChI is InChI=1S/C10H13FN2/c11-8-5-2-6-13-10(8)9(12)7-3-1-4-7/h2,5-7,9H,1,3-4,12H2. The maximum atomic E-state index is 13.2. The van der Waals surface area contributed by atoms with Crippen LogP contribution in [0, 0.1) is 11.7 Å². The number of pyridine rings is 1. The van der Waals surface area contributed by atoms with Crippen LogP contribution >= 0.6 is 0 Å². The molecule has 1 aliphatic rings. The highest BCUT2D eigenvalue weighted by molar-refractivity contribution is 5.12. The van der Waals surface area contributed by atoms with E-state index in [0.29, 0.717) is 11.6 Å². The lowest BCUT2D eigenvalue weighted by molar-refractivity contribution is 0.256. The van der Waals surface area contributed by atoms with Gasteiger partial charge in [-0.05, 0) is 30.9 Å². The number of halogens is 1. The molecule has 1 heterocycles. The van der Waals surface area contributed by atoms with E-state index in [1.807, 2.05) is 0 Å². The number of nitrogens with zero attached hydrogens (tertiary/aromatic N) is 1. The Bertz CT molecular complexity index is 297. The largest absolute Gasteiger partial charge is 0.322 e. The van der Waals surface area contributed by atoms with E-state index in [9.17, 15) is 4.39 Å². The molecule has 1 aliphatic carbocycles. The zero-order chi connectivity index (χ0) is 9.26. The average molecular weight is 180 g/mol. The summed E-state index contributed by atoms with van der Waals surface area (Å²) in [4.78, 5) is 3.98. The lowest BCUT2D eigenvalue weighted by Crippen LogP contribution is -2.28. The molecule has 0 spiro atoms. The summed E-state index contributed by atoms with van der Waals surface area (Å²) in [5, 5.41) is 0. The first-order valence-corrected chi connectivity index (χ1v) is 4.65. The van der Waals surface area contributed by atoms with Crippen molar-refractivity contribution in [3.05, 3.63) is 29.8 Å². The predicted molar refractivity (Wildman–Crippen MR) is 48.5 cm³/mol. The van der Waals surface area contributed by atoms with Gasteiger partial charge >= 0.3 is 0 Å². The van der Waals surface area contributed by atoms with Crippen molar-refractivity contribution in [2.45, 2.75) is 25.3 Å². The van der Waals surface area contributed by atoms with E-state index in [1.165, 1.54) is 12.5 Å². The maximum Gasteiger partial charge on any atom is 0.146 e. The van der Waals surface area contributed by atoms with E-state index in [2.05, 4.69) is 4.98 Å². The summed E-state index contributed by atoms with van der Waals surface area (Å²) in [5.41, 5.74) is 6.32. The molecule has 1 aromatic rings. The number of nitrogens with two attached hydrogens (primary N) is 1. The summed E-state index contributed by atoms with van der Waals surface area (Å²) in [7, 11) is 0. The van der Waals surface area contributed by atoms with Crippen LogP contribution in [0.5, 0.6) is 0 Å². The number of aromatic nitrogens is 1. The molecule has 0 amide bonds. The summed E-state index contributed by atoms with van der Waals surface area (Å²) in [6, 6.07) is 2.79. The molecule has 1 aromatic heterocycles. The molecule has 0 aromatic carbocycles. The van der Waals surface area contributed by atoms with Crippen LogP contribution in [-0.2, 0) is 0 Å². The third kappa shape index (κ3) is 1.56. The van der Waals surface area contributed by atoms with Crippen molar-refractivity contribution in [2.24, 2.45) is 11.7 Å². The number of hydrogen-bond acceptors (Lipinski definition) is 2. The van der Waals surface area contributed by atoms with Gasteiger partial charge in [0, 0.05) is 6.20 Å². The summed E-state index contributed by atoms with van der Waals surface area (Å²) in [6.07, 6.45) is 5.03. The number of hydrogen-bond donors (Lipinski definition) is 1. The summed E-state index contributed by atoms with van der Waals surface area (Å²) < 4.78 is 13.2. The van der Waals surface area contributed by atoms with Crippen molar-refractivity contribution >= 4 is 0 Å². The molecule has 0 bridgehead atoms. The molecule has 2 rings (SSSR count). The van der Waals surface area contributed by atoms with Crippen molar-refractivity contribution in [1.82, 2.24) is 4.98 Å². The van der Waals surface area contributed by atoms with Gasteiger partial charge in [0.15, 0.2) is 0 Å². The van der Waals surface area contributed by atoms with Gasteiger partial charge in [0.2, 0.25) is 0 Å².